The van der Waals surface area contributed by atoms with E-state index < -0.39 is 21.8 Å². The molecule has 0 fully saturated rings. The molecule has 0 unspecified atom stereocenters. The van der Waals surface area contributed by atoms with Crippen molar-refractivity contribution in [2.24, 2.45) is 0 Å². The van der Waals surface area contributed by atoms with E-state index in [1.165, 1.54) is 12.1 Å². The van der Waals surface area contributed by atoms with Crippen LogP contribution in [0.25, 0.3) is 10.9 Å². The second-order valence-electron chi connectivity index (χ2n) is 5.22. The molecule has 8 heteroatoms. The molecule has 1 aromatic heterocycles. The summed E-state index contributed by atoms with van der Waals surface area (Å²) in [4.78, 5) is 11.4. The lowest BCUT2D eigenvalue weighted by Gasteiger charge is -2.10. The number of benzene rings is 2. The van der Waals surface area contributed by atoms with Gasteiger partial charge in [-0.3, -0.25) is 0 Å². The molecule has 0 saturated carbocycles. The van der Waals surface area contributed by atoms with Gasteiger partial charge in [-0.2, -0.15) is 0 Å². The van der Waals surface area contributed by atoms with Crippen LogP contribution in [0.4, 0.5) is 4.39 Å². The van der Waals surface area contributed by atoms with Crippen LogP contribution in [0.1, 0.15) is 15.9 Å². The third-order valence-corrected chi connectivity index (χ3v) is 5.96. The van der Waals surface area contributed by atoms with Crippen LogP contribution >= 0.6 is 15.9 Å². The fourth-order valence-electron chi connectivity index (χ4n) is 2.55. The largest absolute Gasteiger partial charge is 0.478 e. The van der Waals surface area contributed by atoms with Crippen LogP contribution in [0.15, 0.2) is 52.0 Å². The van der Waals surface area contributed by atoms with E-state index in [1.807, 2.05) is 0 Å². The van der Waals surface area contributed by atoms with Crippen molar-refractivity contribution in [3.8, 4) is 0 Å². The second kappa shape index (κ2) is 5.71. The van der Waals surface area contributed by atoms with Crippen LogP contribution in [0.2, 0.25) is 0 Å². The molecular formula is C16H11BrFNO4S. The summed E-state index contributed by atoms with van der Waals surface area (Å²) in [7, 11) is -4.03. The number of carboxylic acids is 1. The van der Waals surface area contributed by atoms with Crippen LogP contribution in [-0.4, -0.2) is 23.5 Å². The van der Waals surface area contributed by atoms with E-state index in [-0.39, 0.29) is 21.4 Å². The Balaban J connectivity index is 2.35. The van der Waals surface area contributed by atoms with Gasteiger partial charge in [0.15, 0.2) is 0 Å². The van der Waals surface area contributed by atoms with Gasteiger partial charge in [-0.25, -0.2) is 21.6 Å². The third-order valence-electron chi connectivity index (χ3n) is 3.64. The fraction of sp³-hybridized carbons (Fsp3) is 0.0625. The zero-order valence-electron chi connectivity index (χ0n) is 12.3. The van der Waals surface area contributed by atoms with Crippen LogP contribution in [0, 0.1) is 12.7 Å². The van der Waals surface area contributed by atoms with Crippen molar-refractivity contribution in [3.63, 3.8) is 0 Å². The Bertz CT molecular complexity index is 1090. The molecule has 124 valence electrons. The average molecular weight is 412 g/mol. The minimum absolute atomic E-state index is 0.0286. The van der Waals surface area contributed by atoms with Gasteiger partial charge in [-0.15, -0.1) is 0 Å². The molecule has 0 bridgehead atoms. The van der Waals surface area contributed by atoms with E-state index >= 15 is 0 Å². The maximum atomic E-state index is 13.5. The number of fused-ring (bicyclic) bond motifs is 1. The van der Waals surface area contributed by atoms with Crippen molar-refractivity contribution in [2.45, 2.75) is 11.8 Å². The average Bonchev–Trinajstić information content (AvgIpc) is 2.86. The number of nitrogens with zero attached hydrogens (tertiary/aromatic N) is 1. The highest BCUT2D eigenvalue weighted by Crippen LogP contribution is 2.29. The summed E-state index contributed by atoms with van der Waals surface area (Å²) < 4.78 is 41.0. The molecule has 0 saturated heterocycles. The quantitative estimate of drug-likeness (QED) is 0.711. The summed E-state index contributed by atoms with van der Waals surface area (Å²) in [5.41, 5.74) is 0.337. The summed E-state index contributed by atoms with van der Waals surface area (Å²) >= 11 is 3.27. The lowest BCUT2D eigenvalue weighted by Crippen LogP contribution is -2.13. The van der Waals surface area contributed by atoms with E-state index in [4.69, 9.17) is 0 Å². The highest BCUT2D eigenvalue weighted by molar-refractivity contribution is 9.10. The molecule has 24 heavy (non-hydrogen) atoms. The van der Waals surface area contributed by atoms with Crippen molar-refractivity contribution in [1.29, 1.82) is 0 Å². The van der Waals surface area contributed by atoms with Gasteiger partial charge in [-0.1, -0.05) is 15.9 Å². The minimum Gasteiger partial charge on any atom is -0.478 e. The number of carboxylic acid groups (broad SMARTS) is 1. The Morgan fingerprint density at radius 1 is 1.21 bits per heavy atom. The lowest BCUT2D eigenvalue weighted by atomic mass is 10.2. The summed E-state index contributed by atoms with van der Waals surface area (Å²) in [5, 5.41) is 9.31. The first-order valence-electron chi connectivity index (χ1n) is 6.77. The van der Waals surface area contributed by atoms with Crippen molar-refractivity contribution >= 4 is 42.8 Å². The number of aromatic carboxylic acids is 1. The van der Waals surface area contributed by atoms with Crippen LogP contribution in [0.3, 0.4) is 0 Å². The smallest absolute Gasteiger partial charge is 0.337 e. The Hall–Kier alpha value is -2.19. The van der Waals surface area contributed by atoms with Crippen molar-refractivity contribution in [1.82, 2.24) is 3.97 Å². The van der Waals surface area contributed by atoms with Crippen LogP contribution in [0.5, 0.6) is 0 Å². The van der Waals surface area contributed by atoms with E-state index in [0.717, 1.165) is 26.8 Å². The van der Waals surface area contributed by atoms with E-state index in [9.17, 15) is 22.7 Å². The van der Waals surface area contributed by atoms with E-state index in [2.05, 4.69) is 15.9 Å². The summed E-state index contributed by atoms with van der Waals surface area (Å²) in [6, 6.07) is 8.03. The number of carbonyl (C=O) groups is 1. The van der Waals surface area contributed by atoms with Gasteiger partial charge in [0.05, 0.1) is 16.0 Å². The van der Waals surface area contributed by atoms with Gasteiger partial charge >= 0.3 is 5.97 Å². The Kier molecular flexibility index (Phi) is 3.97. The maximum Gasteiger partial charge on any atom is 0.337 e. The molecule has 0 aliphatic rings. The Morgan fingerprint density at radius 3 is 2.54 bits per heavy atom. The molecule has 0 atom stereocenters. The first-order valence-corrected chi connectivity index (χ1v) is 9.01. The summed E-state index contributed by atoms with van der Waals surface area (Å²) in [6.07, 6.45) is 1.00. The molecule has 1 N–H and O–H groups in total. The Labute approximate surface area is 145 Å². The second-order valence-corrected chi connectivity index (χ2v) is 7.92. The molecule has 2 aromatic carbocycles. The van der Waals surface area contributed by atoms with E-state index in [0.29, 0.717) is 5.56 Å². The predicted molar refractivity (Wildman–Crippen MR) is 90.3 cm³/mol. The number of halogens is 2. The first-order chi connectivity index (χ1) is 11.2. The normalized spacial score (nSPS) is 11.8. The zero-order chi connectivity index (χ0) is 17.6. The summed E-state index contributed by atoms with van der Waals surface area (Å²) in [6.45, 7) is 1.64. The molecule has 0 amide bonds. The lowest BCUT2D eigenvalue weighted by molar-refractivity contribution is 0.0699. The zero-order valence-corrected chi connectivity index (χ0v) is 14.7. The minimum atomic E-state index is -4.03. The van der Waals surface area contributed by atoms with E-state index in [1.54, 1.807) is 19.1 Å². The van der Waals surface area contributed by atoms with Gasteiger partial charge in [0.25, 0.3) is 10.0 Å². The highest BCUT2D eigenvalue weighted by Gasteiger charge is 2.25. The highest BCUT2D eigenvalue weighted by atomic mass is 79.9. The molecular weight excluding hydrogens is 401 g/mol. The monoisotopic (exact) mass is 411 g/mol. The first kappa shape index (κ1) is 16.7. The van der Waals surface area contributed by atoms with Gasteiger partial charge in [-0.05, 0) is 48.9 Å². The molecule has 3 rings (SSSR count). The standard InChI is InChI=1S/C16H11BrFNO4S/c1-9-6-10(17)2-5-15(9)24(22,23)19-8-13(16(20)21)12-7-11(18)3-4-14(12)19/h2-8H,1H3,(H,20,21). The Morgan fingerprint density at radius 2 is 1.92 bits per heavy atom. The van der Waals surface area contributed by atoms with Crippen molar-refractivity contribution in [2.75, 3.05) is 0 Å². The molecule has 0 aliphatic carbocycles. The number of aryl methyl sites for hydroxylation is 1. The van der Waals surface area contributed by atoms with Gasteiger partial charge in [0.2, 0.25) is 0 Å². The van der Waals surface area contributed by atoms with Gasteiger partial charge in [0.1, 0.15) is 5.82 Å². The molecule has 0 aliphatic heterocycles. The van der Waals surface area contributed by atoms with Crippen LogP contribution in [-0.2, 0) is 10.0 Å². The van der Waals surface area contributed by atoms with Crippen molar-refractivity contribution < 1.29 is 22.7 Å². The van der Waals surface area contributed by atoms with Gasteiger partial charge < -0.3 is 5.11 Å². The fourth-order valence-corrected chi connectivity index (χ4v) is 4.61. The molecule has 5 nitrogen and oxygen atoms in total. The molecule has 3 aromatic rings. The SMILES string of the molecule is Cc1cc(Br)ccc1S(=O)(=O)n1cc(C(=O)O)c2cc(F)ccc21. The van der Waals surface area contributed by atoms with Crippen molar-refractivity contribution in [3.05, 3.63) is 64.0 Å². The molecule has 0 spiro atoms. The topological polar surface area (TPSA) is 76.4 Å². The molecule has 1 heterocycles. The molecule has 0 radical (unpaired) electrons. The maximum absolute atomic E-state index is 13.5. The summed E-state index contributed by atoms with van der Waals surface area (Å²) in [5.74, 6) is -1.97. The third kappa shape index (κ3) is 2.61. The number of rotatable bonds is 3. The number of hydrogen-bond donors (Lipinski definition) is 1. The number of hydrogen-bond acceptors (Lipinski definition) is 3. The number of aromatic nitrogens is 1. The van der Waals surface area contributed by atoms with Crippen LogP contribution < -0.4 is 0 Å². The predicted octanol–water partition coefficient (Wildman–Crippen LogP) is 3.79. The van der Waals surface area contributed by atoms with Gasteiger partial charge in [0, 0.05) is 16.1 Å².